The highest BCUT2D eigenvalue weighted by atomic mass is 19.1. The first kappa shape index (κ1) is 20.6. The molecule has 0 unspecified atom stereocenters. The lowest BCUT2D eigenvalue weighted by Crippen LogP contribution is -2.19. The molecule has 0 atom stereocenters. The molecule has 2 N–H and O–H groups in total. The lowest BCUT2D eigenvalue weighted by Gasteiger charge is -2.10. The summed E-state index contributed by atoms with van der Waals surface area (Å²) >= 11 is 0. The molecule has 2 aromatic carbocycles. The molecule has 2 rings (SSSR count). The van der Waals surface area contributed by atoms with Crippen LogP contribution in [0.3, 0.4) is 0 Å². The second-order valence-electron chi connectivity index (χ2n) is 5.72. The van der Waals surface area contributed by atoms with Crippen molar-refractivity contribution >= 4 is 17.6 Å². The lowest BCUT2D eigenvalue weighted by molar-refractivity contribution is -0.112. The zero-order valence-corrected chi connectivity index (χ0v) is 15.4. The summed E-state index contributed by atoms with van der Waals surface area (Å²) in [5.41, 5.74) is 1.25. The van der Waals surface area contributed by atoms with Gasteiger partial charge in [-0.15, -0.1) is 0 Å². The van der Waals surface area contributed by atoms with Crippen LogP contribution in [0.4, 0.5) is 10.1 Å². The molecule has 0 spiro atoms. The van der Waals surface area contributed by atoms with Crippen LogP contribution in [0.5, 0.6) is 0 Å². The number of benzene rings is 2. The Morgan fingerprint density at radius 1 is 1.18 bits per heavy atom. The molecule has 0 aliphatic heterocycles. The van der Waals surface area contributed by atoms with Gasteiger partial charge in [-0.2, -0.15) is 5.26 Å². The fourth-order valence-electron chi connectivity index (χ4n) is 2.36. The number of hydrogen-bond donors (Lipinski definition) is 2. The minimum absolute atomic E-state index is 0.141. The molecule has 0 bridgehead atoms. The second-order valence-corrected chi connectivity index (χ2v) is 5.72. The van der Waals surface area contributed by atoms with Crippen LogP contribution in [0, 0.1) is 17.1 Å². The van der Waals surface area contributed by atoms with E-state index in [4.69, 9.17) is 4.74 Å². The molecule has 0 fully saturated rings. The fourth-order valence-corrected chi connectivity index (χ4v) is 2.36. The number of nitriles is 1. The van der Waals surface area contributed by atoms with Crippen molar-refractivity contribution in [3.63, 3.8) is 0 Å². The zero-order chi connectivity index (χ0) is 20.4. The number of nitrogens with zero attached hydrogens (tertiary/aromatic N) is 1. The van der Waals surface area contributed by atoms with Crippen LogP contribution in [0.2, 0.25) is 0 Å². The molecule has 6 nitrogen and oxygen atoms in total. The summed E-state index contributed by atoms with van der Waals surface area (Å²) in [5, 5.41) is 14.7. The van der Waals surface area contributed by atoms with Gasteiger partial charge in [0, 0.05) is 12.7 Å². The van der Waals surface area contributed by atoms with Gasteiger partial charge in [-0.1, -0.05) is 24.3 Å². The number of amides is 1. The molecule has 7 heteroatoms. The summed E-state index contributed by atoms with van der Waals surface area (Å²) in [6.07, 6.45) is 1.91. The summed E-state index contributed by atoms with van der Waals surface area (Å²) in [6, 6.07) is 14.3. The number of carbonyl (C=O) groups excluding carboxylic acids is 2. The third kappa shape index (κ3) is 5.95. The van der Waals surface area contributed by atoms with Crippen molar-refractivity contribution in [3.8, 4) is 6.07 Å². The Labute approximate surface area is 162 Å². The summed E-state index contributed by atoms with van der Waals surface area (Å²) in [5.74, 6) is -1.50. The van der Waals surface area contributed by atoms with Crippen molar-refractivity contribution in [1.29, 1.82) is 5.26 Å². The molecule has 0 radical (unpaired) electrons. The zero-order valence-electron chi connectivity index (χ0n) is 15.4. The molecule has 28 heavy (non-hydrogen) atoms. The quantitative estimate of drug-likeness (QED) is 0.317. The molecule has 0 aromatic heterocycles. The average molecular weight is 381 g/mol. The van der Waals surface area contributed by atoms with Crippen molar-refractivity contribution in [2.45, 2.75) is 13.3 Å². The maximum Gasteiger partial charge on any atom is 0.340 e. The summed E-state index contributed by atoms with van der Waals surface area (Å²) in [6.45, 7) is 2.36. The van der Waals surface area contributed by atoms with Crippen LogP contribution in [0.1, 0.15) is 22.8 Å². The molecular formula is C21H20FN3O3. The Balaban J connectivity index is 1.98. The van der Waals surface area contributed by atoms with Gasteiger partial charge in [-0.05, 0) is 43.2 Å². The highest BCUT2D eigenvalue weighted by molar-refractivity contribution is 6.09. The maximum atomic E-state index is 12.9. The van der Waals surface area contributed by atoms with E-state index in [0.29, 0.717) is 13.0 Å². The van der Waals surface area contributed by atoms with Crippen molar-refractivity contribution < 1.29 is 18.7 Å². The third-order valence-electron chi connectivity index (χ3n) is 3.75. The van der Waals surface area contributed by atoms with Crippen LogP contribution in [0.25, 0.3) is 0 Å². The highest BCUT2D eigenvalue weighted by Crippen LogP contribution is 2.17. The van der Waals surface area contributed by atoms with E-state index in [1.807, 2.05) is 6.07 Å². The summed E-state index contributed by atoms with van der Waals surface area (Å²) < 4.78 is 17.8. The van der Waals surface area contributed by atoms with E-state index in [9.17, 15) is 19.2 Å². The minimum Gasteiger partial charge on any atom is -0.462 e. The van der Waals surface area contributed by atoms with E-state index in [1.54, 1.807) is 37.3 Å². The standard InChI is InChI=1S/C21H20FN3O3/c1-2-28-21(27)18-5-3-4-6-19(18)25-20(26)16(13-23)14-24-12-11-15-7-9-17(22)10-8-15/h3-10,14,24H,2,11-12H2,1H3,(H,25,26)/b16-14-. The van der Waals surface area contributed by atoms with Gasteiger partial charge in [0.2, 0.25) is 0 Å². The molecular weight excluding hydrogens is 361 g/mol. The predicted molar refractivity (Wildman–Crippen MR) is 103 cm³/mol. The topological polar surface area (TPSA) is 91.2 Å². The Hall–Kier alpha value is -3.66. The van der Waals surface area contributed by atoms with E-state index in [-0.39, 0.29) is 29.2 Å². The molecule has 0 aliphatic carbocycles. The molecule has 0 saturated carbocycles. The van der Waals surface area contributed by atoms with Gasteiger partial charge in [0.1, 0.15) is 17.5 Å². The van der Waals surface area contributed by atoms with E-state index in [2.05, 4.69) is 10.6 Å². The number of halogens is 1. The van der Waals surface area contributed by atoms with E-state index in [1.165, 1.54) is 24.4 Å². The van der Waals surface area contributed by atoms with Crippen LogP contribution in [-0.2, 0) is 16.0 Å². The number of nitrogens with one attached hydrogen (secondary N) is 2. The Morgan fingerprint density at radius 2 is 1.89 bits per heavy atom. The van der Waals surface area contributed by atoms with Crippen LogP contribution >= 0.6 is 0 Å². The largest absolute Gasteiger partial charge is 0.462 e. The van der Waals surface area contributed by atoms with Gasteiger partial charge >= 0.3 is 5.97 Å². The van der Waals surface area contributed by atoms with Gasteiger partial charge < -0.3 is 15.4 Å². The maximum absolute atomic E-state index is 12.9. The van der Waals surface area contributed by atoms with Crippen LogP contribution in [-0.4, -0.2) is 25.0 Å². The van der Waals surface area contributed by atoms with E-state index >= 15 is 0 Å². The monoisotopic (exact) mass is 381 g/mol. The number of para-hydroxylation sites is 1. The van der Waals surface area contributed by atoms with Crippen molar-refractivity contribution in [1.82, 2.24) is 5.32 Å². The third-order valence-corrected chi connectivity index (χ3v) is 3.75. The Morgan fingerprint density at radius 3 is 2.57 bits per heavy atom. The minimum atomic E-state index is -0.645. The summed E-state index contributed by atoms with van der Waals surface area (Å²) in [7, 11) is 0. The van der Waals surface area contributed by atoms with Gasteiger partial charge in [-0.25, -0.2) is 9.18 Å². The Kier molecular flexibility index (Phi) is 7.73. The van der Waals surface area contributed by atoms with Crippen molar-refractivity contribution in [2.75, 3.05) is 18.5 Å². The lowest BCUT2D eigenvalue weighted by atomic mass is 10.1. The SMILES string of the molecule is CCOC(=O)c1ccccc1NC(=O)/C(C#N)=C\NCCc1ccc(F)cc1. The first-order chi connectivity index (χ1) is 13.5. The van der Waals surface area contributed by atoms with E-state index < -0.39 is 11.9 Å². The molecule has 0 saturated heterocycles. The number of rotatable bonds is 8. The number of ether oxygens (including phenoxy) is 1. The van der Waals surface area contributed by atoms with E-state index in [0.717, 1.165) is 5.56 Å². The fraction of sp³-hybridized carbons (Fsp3) is 0.190. The van der Waals surface area contributed by atoms with Gasteiger partial charge in [0.15, 0.2) is 0 Å². The average Bonchev–Trinajstić information content (AvgIpc) is 2.70. The highest BCUT2D eigenvalue weighted by Gasteiger charge is 2.16. The Bertz CT molecular complexity index is 902. The first-order valence-electron chi connectivity index (χ1n) is 8.70. The van der Waals surface area contributed by atoms with Crippen LogP contribution < -0.4 is 10.6 Å². The van der Waals surface area contributed by atoms with Crippen LogP contribution in [0.15, 0.2) is 60.3 Å². The van der Waals surface area contributed by atoms with Crippen molar-refractivity contribution in [3.05, 3.63) is 77.2 Å². The molecule has 144 valence electrons. The smallest absolute Gasteiger partial charge is 0.340 e. The molecule has 0 aliphatic rings. The normalized spacial score (nSPS) is 10.7. The predicted octanol–water partition coefficient (Wildman–Crippen LogP) is 3.18. The van der Waals surface area contributed by atoms with Gasteiger partial charge in [0.05, 0.1) is 17.9 Å². The molecule has 2 aromatic rings. The number of anilines is 1. The number of carbonyl (C=O) groups is 2. The molecule has 1 amide bonds. The first-order valence-corrected chi connectivity index (χ1v) is 8.70. The molecule has 0 heterocycles. The second kappa shape index (κ2) is 10.5. The number of esters is 1. The summed E-state index contributed by atoms with van der Waals surface area (Å²) in [4.78, 5) is 24.3. The van der Waals surface area contributed by atoms with Gasteiger partial charge in [0.25, 0.3) is 5.91 Å². The number of hydrogen-bond acceptors (Lipinski definition) is 5. The van der Waals surface area contributed by atoms with Gasteiger partial charge in [-0.3, -0.25) is 4.79 Å². The van der Waals surface area contributed by atoms with Crippen molar-refractivity contribution in [2.24, 2.45) is 0 Å².